The molecule has 2 aliphatic rings. The third-order valence-corrected chi connectivity index (χ3v) is 5.51. The van der Waals surface area contributed by atoms with Crippen LogP contribution >= 0.6 is 0 Å². The van der Waals surface area contributed by atoms with E-state index in [9.17, 15) is 42.3 Å². The molecule has 0 aromatic rings. The Morgan fingerprint density at radius 1 is 1.03 bits per heavy atom. The van der Waals surface area contributed by atoms with E-state index in [1.807, 2.05) is 0 Å². The Morgan fingerprint density at radius 2 is 1.59 bits per heavy atom. The molecule has 1 fully saturated rings. The summed E-state index contributed by atoms with van der Waals surface area (Å²) >= 11 is 0. The van der Waals surface area contributed by atoms with Gasteiger partial charge >= 0.3 is 12.1 Å². The first-order chi connectivity index (χ1) is 14.9. The van der Waals surface area contributed by atoms with Gasteiger partial charge in [0.1, 0.15) is 12.1 Å². The molecule has 0 radical (unpaired) electrons. The largest absolute Gasteiger partial charge is 0.480 e. The molecule has 32 heavy (non-hydrogen) atoms. The summed E-state index contributed by atoms with van der Waals surface area (Å²) in [5.74, 6) is -4.31. The monoisotopic (exact) mass is 461 g/mol. The maximum Gasteiger partial charge on any atom is 0.403 e. The number of carboxylic acids is 1. The van der Waals surface area contributed by atoms with Crippen molar-refractivity contribution in [2.45, 2.75) is 63.7 Å². The maximum atomic E-state index is 13.5. The molecule has 0 bridgehead atoms. The molecule has 4 amide bonds. The van der Waals surface area contributed by atoms with Gasteiger partial charge in [0.2, 0.25) is 11.8 Å². The molecule has 2 aliphatic heterocycles. The van der Waals surface area contributed by atoms with Crippen molar-refractivity contribution < 1.29 is 42.3 Å². The summed E-state index contributed by atoms with van der Waals surface area (Å²) in [6, 6.07) is -3.72. The molecule has 0 aromatic carbocycles. The molecule has 2 heterocycles. The molecule has 0 aliphatic carbocycles. The van der Waals surface area contributed by atoms with Gasteiger partial charge in [-0.1, -0.05) is 19.8 Å². The van der Waals surface area contributed by atoms with Crippen molar-refractivity contribution in [1.29, 1.82) is 0 Å². The molecule has 9 nitrogen and oxygen atoms in total. The lowest BCUT2D eigenvalue weighted by molar-refractivity contribution is -0.165. The van der Waals surface area contributed by atoms with E-state index >= 15 is 0 Å². The van der Waals surface area contributed by atoms with Crippen molar-refractivity contribution in [3.63, 3.8) is 0 Å². The van der Waals surface area contributed by atoms with Gasteiger partial charge in [-0.15, -0.1) is 0 Å². The van der Waals surface area contributed by atoms with Crippen molar-refractivity contribution >= 4 is 29.6 Å². The molecule has 3 atom stereocenters. The number of halogens is 3. The number of rotatable bonds is 12. The number of carboxylic acid groups (broad SMARTS) is 1. The molecule has 12 heteroatoms. The summed E-state index contributed by atoms with van der Waals surface area (Å²) in [5.41, 5.74) is 0. The van der Waals surface area contributed by atoms with Crippen LogP contribution in [-0.2, 0) is 24.0 Å². The first kappa shape index (κ1) is 25.5. The number of aliphatic carboxylic acids is 1. The maximum absolute atomic E-state index is 13.5. The zero-order valence-electron chi connectivity index (χ0n) is 17.6. The lowest BCUT2D eigenvalue weighted by Crippen LogP contribution is -2.54. The van der Waals surface area contributed by atoms with Crippen LogP contribution < -0.4 is 5.32 Å². The van der Waals surface area contributed by atoms with Crippen LogP contribution in [0.15, 0.2) is 12.2 Å². The highest BCUT2D eigenvalue weighted by Crippen LogP contribution is 2.26. The second-order valence-corrected chi connectivity index (χ2v) is 7.96. The molecule has 1 saturated heterocycles. The summed E-state index contributed by atoms with van der Waals surface area (Å²) in [7, 11) is 0. The Kier molecular flexibility index (Phi) is 8.53. The second-order valence-electron chi connectivity index (χ2n) is 7.96. The van der Waals surface area contributed by atoms with Gasteiger partial charge in [0.25, 0.3) is 11.8 Å². The fraction of sp³-hybridized carbons (Fsp3) is 0.650. The van der Waals surface area contributed by atoms with E-state index in [-0.39, 0.29) is 32.4 Å². The Morgan fingerprint density at radius 3 is 2.09 bits per heavy atom. The van der Waals surface area contributed by atoms with Gasteiger partial charge in [-0.25, -0.2) is 0 Å². The van der Waals surface area contributed by atoms with Gasteiger partial charge in [0.15, 0.2) is 0 Å². The number of alkyl halides is 3. The first-order valence-corrected chi connectivity index (χ1v) is 10.3. The number of imide groups is 2. The second kappa shape index (κ2) is 10.7. The fourth-order valence-corrected chi connectivity index (χ4v) is 3.70. The molecule has 2 N–H and O–H groups in total. The highest BCUT2D eigenvalue weighted by Gasteiger charge is 2.43. The molecule has 2 rings (SSSR count). The number of carbonyl (C=O) groups is 5. The number of carbonyl (C=O) groups excluding carboxylic acids is 4. The molecule has 178 valence electrons. The minimum Gasteiger partial charge on any atom is -0.480 e. The van der Waals surface area contributed by atoms with Crippen molar-refractivity contribution in [2.24, 2.45) is 5.92 Å². The van der Waals surface area contributed by atoms with Crippen LogP contribution in [0.2, 0.25) is 0 Å². The highest BCUT2D eigenvalue weighted by molar-refractivity contribution is 6.12. The summed E-state index contributed by atoms with van der Waals surface area (Å²) in [5, 5.41) is 11.6. The van der Waals surface area contributed by atoms with Crippen molar-refractivity contribution in [1.82, 2.24) is 15.1 Å². The highest BCUT2D eigenvalue weighted by atomic mass is 19.4. The van der Waals surface area contributed by atoms with E-state index in [2.05, 4.69) is 5.32 Å². The molecular weight excluding hydrogens is 435 g/mol. The Bertz CT molecular complexity index is 764. The molecular formula is C20H26F3N3O6. The number of nitrogens with one attached hydrogen (secondary N) is 1. The third kappa shape index (κ3) is 6.62. The van der Waals surface area contributed by atoms with Crippen LogP contribution in [0.25, 0.3) is 0 Å². The summed E-state index contributed by atoms with van der Waals surface area (Å²) < 4.78 is 40.5. The van der Waals surface area contributed by atoms with E-state index in [1.54, 1.807) is 0 Å². The molecule has 0 aromatic heterocycles. The minimum atomic E-state index is -4.71. The zero-order chi connectivity index (χ0) is 24.1. The predicted molar refractivity (Wildman–Crippen MR) is 104 cm³/mol. The van der Waals surface area contributed by atoms with E-state index in [1.165, 1.54) is 6.92 Å². The quantitative estimate of drug-likeness (QED) is 0.331. The van der Waals surface area contributed by atoms with E-state index in [4.69, 9.17) is 0 Å². The third-order valence-electron chi connectivity index (χ3n) is 5.51. The number of unbranched alkanes of at least 4 members (excludes halogenated alkanes) is 2. The summed E-state index contributed by atoms with van der Waals surface area (Å²) in [4.78, 5) is 59.9. The smallest absolute Gasteiger partial charge is 0.403 e. The Labute approximate surface area is 182 Å². The topological polar surface area (TPSA) is 124 Å². The lowest BCUT2D eigenvalue weighted by atomic mass is 9.98. The average molecular weight is 461 g/mol. The van der Waals surface area contributed by atoms with Crippen LogP contribution in [0, 0.1) is 5.92 Å². The molecule has 0 spiro atoms. The number of hydrogen-bond acceptors (Lipinski definition) is 6. The SMILES string of the molecule is CC(CN1C(=O)CCC1=O)[C@H](NC(CCCCCN1C(=O)C=CC1=O)C(F)(F)F)C(=O)O. The predicted octanol–water partition coefficient (Wildman–Crippen LogP) is 1.23. The summed E-state index contributed by atoms with van der Waals surface area (Å²) in [6.07, 6.45) is -2.13. The van der Waals surface area contributed by atoms with Crippen molar-refractivity contribution in [3.05, 3.63) is 12.2 Å². The van der Waals surface area contributed by atoms with Gasteiger partial charge in [-0.3, -0.25) is 39.1 Å². The normalized spacial score (nSPS) is 19.8. The van der Waals surface area contributed by atoms with Crippen molar-refractivity contribution in [2.75, 3.05) is 13.1 Å². The first-order valence-electron chi connectivity index (χ1n) is 10.3. The van der Waals surface area contributed by atoms with Crippen LogP contribution in [0.4, 0.5) is 13.2 Å². The minimum absolute atomic E-state index is 0.00653. The van der Waals surface area contributed by atoms with E-state index in [0.29, 0.717) is 12.8 Å². The van der Waals surface area contributed by atoms with Gasteiger partial charge in [0.05, 0.1) is 0 Å². The number of likely N-dealkylation sites (tertiary alicyclic amines) is 1. The average Bonchev–Trinajstić information content (AvgIpc) is 3.18. The number of hydrogen-bond donors (Lipinski definition) is 2. The number of amides is 4. The van der Waals surface area contributed by atoms with E-state index < -0.39 is 60.2 Å². The fourth-order valence-electron chi connectivity index (χ4n) is 3.70. The van der Waals surface area contributed by atoms with Crippen molar-refractivity contribution in [3.8, 4) is 0 Å². The van der Waals surface area contributed by atoms with Crippen LogP contribution in [0.3, 0.4) is 0 Å². The molecule has 0 saturated carbocycles. The van der Waals surface area contributed by atoms with Crippen LogP contribution in [0.1, 0.15) is 45.4 Å². The van der Waals surface area contributed by atoms with Gasteiger partial charge in [-0.05, 0) is 12.8 Å². The lowest BCUT2D eigenvalue weighted by Gasteiger charge is -2.30. The van der Waals surface area contributed by atoms with Crippen LogP contribution in [-0.4, -0.2) is 75.9 Å². The van der Waals surface area contributed by atoms with Crippen LogP contribution in [0.5, 0.6) is 0 Å². The molecule has 2 unspecified atom stereocenters. The van der Waals surface area contributed by atoms with Gasteiger partial charge in [-0.2, -0.15) is 13.2 Å². The van der Waals surface area contributed by atoms with E-state index in [0.717, 1.165) is 22.0 Å². The number of nitrogens with zero attached hydrogens (tertiary/aromatic N) is 2. The standard InChI is InChI=1S/C20H26F3N3O6/c1-12(11-26-16(29)8-9-17(26)30)18(19(31)32)24-13(20(21,22)23)5-3-2-4-10-25-14(27)6-7-15(25)28/h6-7,12-13,18,24H,2-5,8-11H2,1H3,(H,31,32)/t12?,13?,18-/m0/s1. The Hall–Kier alpha value is -2.76. The zero-order valence-corrected chi connectivity index (χ0v) is 17.6. The van der Waals surface area contributed by atoms with Gasteiger partial charge < -0.3 is 5.11 Å². The Balaban J connectivity index is 1.89. The van der Waals surface area contributed by atoms with Gasteiger partial charge in [0, 0.05) is 44.0 Å². The summed E-state index contributed by atoms with van der Waals surface area (Å²) in [6.45, 7) is 1.19.